The summed E-state index contributed by atoms with van der Waals surface area (Å²) in [4.78, 5) is 18.9. The Balaban J connectivity index is 1.38. The number of para-hydroxylation sites is 3. The summed E-state index contributed by atoms with van der Waals surface area (Å²) in [6, 6.07) is -9.29. The van der Waals surface area contributed by atoms with Crippen LogP contribution in [0.15, 0.2) is 200 Å². The van der Waals surface area contributed by atoms with Crippen LogP contribution in [0.3, 0.4) is 0 Å². The highest BCUT2D eigenvalue weighted by atomic mass is 15.1. The van der Waals surface area contributed by atoms with Gasteiger partial charge >= 0.3 is 0 Å². The Morgan fingerprint density at radius 3 is 1.65 bits per heavy atom. The van der Waals surface area contributed by atoms with E-state index in [4.69, 9.17) is 31.0 Å². The van der Waals surface area contributed by atoms with Gasteiger partial charge in [-0.05, 0) is 59.1 Å². The highest BCUT2D eigenvalue weighted by Crippen LogP contribution is 2.42. The van der Waals surface area contributed by atoms with Crippen molar-refractivity contribution in [2.45, 2.75) is 0 Å². The smallest absolute Gasteiger partial charge is 0.164 e. The van der Waals surface area contributed by atoms with Crippen molar-refractivity contribution in [3.8, 4) is 45.4 Å². The zero-order valence-electron chi connectivity index (χ0n) is 52.9. The molecule has 0 amide bonds. The predicted molar refractivity (Wildman–Crippen MR) is 227 cm³/mol. The van der Waals surface area contributed by atoms with E-state index < -0.39 is 202 Å². The van der Waals surface area contributed by atoms with Crippen molar-refractivity contribution in [1.29, 1.82) is 0 Å². The van der Waals surface area contributed by atoms with E-state index in [1.807, 2.05) is 0 Å². The maximum atomic E-state index is 10.3. The number of anilines is 3. The molecule has 258 valence electrons. The normalized spacial score (nSPS) is 17.6. The Hall–Kier alpha value is -7.50. The molecule has 0 aliphatic rings. The Bertz CT molecular complexity index is 4270. The predicted octanol–water partition coefficient (Wildman–Crippen LogP) is 12.9. The van der Waals surface area contributed by atoms with Crippen LogP contribution in [0.25, 0.3) is 77.9 Å². The summed E-state index contributed by atoms with van der Waals surface area (Å²) < 4.78 is 222. The fourth-order valence-corrected chi connectivity index (χ4v) is 6.06. The van der Waals surface area contributed by atoms with Crippen LogP contribution in [0, 0.1) is 0 Å². The van der Waals surface area contributed by atoms with Gasteiger partial charge in [0.2, 0.25) is 0 Å². The summed E-state index contributed by atoms with van der Waals surface area (Å²) in [7, 11) is 0. The minimum absolute atomic E-state index is 0.0564. The van der Waals surface area contributed by atoms with Crippen LogP contribution < -0.4 is 4.90 Å². The van der Waals surface area contributed by atoms with Gasteiger partial charge in [0.05, 0.1) is 45.5 Å². The van der Waals surface area contributed by atoms with Crippen LogP contribution >= 0.6 is 0 Å². The summed E-state index contributed by atoms with van der Waals surface area (Å²) in [5.74, 6) is -1.81. The Morgan fingerprint density at radius 1 is 0.382 bits per heavy atom. The van der Waals surface area contributed by atoms with Crippen LogP contribution in [-0.2, 0) is 0 Å². The molecule has 0 saturated heterocycles. The second kappa shape index (κ2) is 13.8. The first-order valence-electron chi connectivity index (χ1n) is 28.9. The third-order valence-electron chi connectivity index (χ3n) is 8.37. The third-order valence-corrected chi connectivity index (χ3v) is 8.37. The summed E-state index contributed by atoms with van der Waals surface area (Å²) in [5.41, 5.74) is -5.08. The lowest BCUT2D eigenvalue weighted by atomic mass is 9.92. The van der Waals surface area contributed by atoms with Gasteiger partial charge in [0, 0.05) is 55.5 Å². The van der Waals surface area contributed by atoms with Gasteiger partial charge in [-0.15, -0.1) is 0 Å². The molecule has 0 N–H and O–H groups in total. The van der Waals surface area contributed by atoms with Crippen molar-refractivity contribution in [1.82, 2.24) is 19.9 Å². The van der Waals surface area contributed by atoms with Crippen LogP contribution in [0.4, 0.5) is 17.1 Å². The molecule has 8 aromatic carbocycles. The van der Waals surface area contributed by atoms with E-state index in [-0.39, 0.29) is 38.7 Å². The van der Waals surface area contributed by atoms with E-state index in [9.17, 15) is 8.22 Å². The van der Waals surface area contributed by atoms with Gasteiger partial charge in [-0.1, -0.05) is 151 Å². The molecule has 0 radical (unpaired) electrons. The number of nitrogens with zero attached hydrogens (tertiary/aromatic N) is 5. The molecule has 10 rings (SSSR count). The Kier molecular flexibility index (Phi) is 3.88. The number of aromatic nitrogens is 4. The van der Waals surface area contributed by atoms with E-state index in [1.54, 1.807) is 30.3 Å². The molecule has 2 heterocycles. The summed E-state index contributed by atoms with van der Waals surface area (Å²) in [6.45, 7) is 0. The van der Waals surface area contributed by atoms with E-state index in [0.717, 1.165) is 6.07 Å². The van der Waals surface area contributed by atoms with E-state index >= 15 is 0 Å². The SMILES string of the molecule is [2H]c1cc([2H])c(-c2nc(-c3c([2H])c([2H])c([2H])c([2H])c3[2H])nc(-c3c([2H])c4c(-c5c([2H])c([2H])c(N(c6c([2H])c([2H])c([2H])c([2H])c6[2H])c6c([2H])c([2H])c([2H])c([2H])c6[2H])c([2H])c5[2H])nc5ccccc5c4c4cccc([2H])c34)n2)c([2H])c1[2H]. The zero-order chi connectivity index (χ0) is 58.3. The highest BCUT2D eigenvalue weighted by molar-refractivity contribution is 6.25. The Morgan fingerprint density at radius 2 is 0.945 bits per heavy atom. The molecule has 5 heteroatoms. The second-order valence-corrected chi connectivity index (χ2v) is 11.6. The van der Waals surface area contributed by atoms with Crippen LogP contribution in [0.5, 0.6) is 0 Å². The highest BCUT2D eigenvalue weighted by Gasteiger charge is 2.20. The minimum Gasteiger partial charge on any atom is -0.311 e. The van der Waals surface area contributed by atoms with Gasteiger partial charge in [-0.2, -0.15) is 0 Å². The van der Waals surface area contributed by atoms with Gasteiger partial charge in [-0.25, -0.2) is 19.9 Å². The molecule has 0 unspecified atom stereocenters. The van der Waals surface area contributed by atoms with Gasteiger partial charge in [-0.3, -0.25) is 0 Å². The molecule has 0 spiro atoms. The molecule has 0 saturated carbocycles. The van der Waals surface area contributed by atoms with Crippen molar-refractivity contribution < 1.29 is 34.3 Å². The third kappa shape index (κ3) is 5.94. The maximum absolute atomic E-state index is 10.3. The average molecular weight is 729 g/mol. The number of pyridine rings is 1. The summed E-state index contributed by atoms with van der Waals surface area (Å²) >= 11 is 0. The first kappa shape index (κ1) is 15.5. The molecule has 5 nitrogen and oxygen atoms in total. The number of rotatable bonds is 7. The molecule has 0 aliphatic carbocycles. The van der Waals surface area contributed by atoms with Crippen molar-refractivity contribution in [2.24, 2.45) is 0 Å². The second-order valence-electron chi connectivity index (χ2n) is 11.6. The van der Waals surface area contributed by atoms with E-state index in [2.05, 4.69) is 15.0 Å². The number of hydrogen-bond donors (Lipinski definition) is 0. The van der Waals surface area contributed by atoms with Gasteiger partial charge in [0.25, 0.3) is 0 Å². The molecule has 0 fully saturated rings. The standard InChI is InChI=1S/C50H33N5/c1-5-17-35(18-6-1)48-52-49(36-19-7-2-8-20-36)54-50(53-48)43-33-44-46(41-26-14-13-25-40(41)43)42-27-15-16-28-45(42)51-47(44)34-29-31-39(32-30-34)55(37-21-9-3-10-22-37)38-23-11-4-12-24-38/h1-33H/i1D,2D,3D,4D,5D,6D,7D,9D,10D,11D,12D,17D,18D,19D,20D,21D,22D,23D,24D,25D,29D,30D,31D,32D,33D. The van der Waals surface area contributed by atoms with Crippen LogP contribution in [0.2, 0.25) is 0 Å². The summed E-state index contributed by atoms with van der Waals surface area (Å²) in [6.07, 6.45) is 0. The number of benzene rings is 8. The van der Waals surface area contributed by atoms with Gasteiger partial charge < -0.3 is 4.90 Å². The fraction of sp³-hybridized carbons (Fsp3) is 0. The molecular formula is C50H33N5. The molecule has 10 aromatic rings. The fourth-order valence-electron chi connectivity index (χ4n) is 6.06. The van der Waals surface area contributed by atoms with E-state index in [1.165, 1.54) is 12.1 Å². The topological polar surface area (TPSA) is 54.8 Å². The van der Waals surface area contributed by atoms with Gasteiger partial charge in [0.1, 0.15) is 0 Å². The quantitative estimate of drug-likeness (QED) is 0.153. The lowest BCUT2D eigenvalue weighted by molar-refractivity contribution is 1.08. The molecular weight excluding hydrogens is 671 g/mol. The molecule has 0 bridgehead atoms. The number of fused-ring (bicyclic) bond motifs is 5. The Labute approximate surface area is 354 Å². The van der Waals surface area contributed by atoms with Crippen molar-refractivity contribution in [2.75, 3.05) is 4.90 Å². The first-order chi connectivity index (χ1) is 37.6. The van der Waals surface area contributed by atoms with Crippen molar-refractivity contribution in [3.05, 3.63) is 200 Å². The van der Waals surface area contributed by atoms with Crippen LogP contribution in [-0.4, -0.2) is 19.9 Å². The lowest BCUT2D eigenvalue weighted by Gasteiger charge is -2.25. The molecule has 55 heavy (non-hydrogen) atoms. The monoisotopic (exact) mass is 728 g/mol. The van der Waals surface area contributed by atoms with Gasteiger partial charge in [0.15, 0.2) is 17.5 Å². The van der Waals surface area contributed by atoms with Crippen molar-refractivity contribution in [3.63, 3.8) is 0 Å². The average Bonchev–Trinajstić information content (AvgIpc) is 3.61. The lowest BCUT2D eigenvalue weighted by Crippen LogP contribution is -2.09. The molecule has 2 aromatic heterocycles. The van der Waals surface area contributed by atoms with Crippen LogP contribution in [0.1, 0.15) is 34.3 Å². The molecule has 0 aliphatic heterocycles. The minimum atomic E-state index is -1.06. The largest absolute Gasteiger partial charge is 0.311 e. The zero-order valence-corrected chi connectivity index (χ0v) is 27.9. The maximum Gasteiger partial charge on any atom is 0.164 e. The summed E-state index contributed by atoms with van der Waals surface area (Å²) in [5, 5.41) is 0.337. The first-order valence-corrected chi connectivity index (χ1v) is 16.4. The van der Waals surface area contributed by atoms with E-state index in [0.29, 0.717) is 10.3 Å². The van der Waals surface area contributed by atoms with Crippen molar-refractivity contribution >= 4 is 49.5 Å². The molecule has 0 atom stereocenters. The number of hydrogen-bond acceptors (Lipinski definition) is 5.